The number of rotatable bonds is 5. The van der Waals surface area contributed by atoms with E-state index in [1.165, 1.54) is 0 Å². The SMILES string of the molecule is CC1=CC(=O)N(Cc2ccccc2)C1C(=O)NCc1ccccc1. The van der Waals surface area contributed by atoms with Gasteiger partial charge in [0.05, 0.1) is 0 Å². The maximum Gasteiger partial charge on any atom is 0.247 e. The summed E-state index contributed by atoms with van der Waals surface area (Å²) in [6, 6.07) is 18.9. The Bertz CT molecular complexity index is 754. The lowest BCUT2D eigenvalue weighted by Gasteiger charge is -2.26. The quantitative estimate of drug-likeness (QED) is 0.921. The molecule has 1 unspecified atom stereocenters. The van der Waals surface area contributed by atoms with E-state index in [0.717, 1.165) is 16.7 Å². The maximum atomic E-state index is 12.6. The molecule has 2 aromatic carbocycles. The molecule has 0 aromatic heterocycles. The van der Waals surface area contributed by atoms with E-state index in [4.69, 9.17) is 0 Å². The molecular weight excluding hydrogens is 300 g/mol. The smallest absolute Gasteiger partial charge is 0.247 e. The number of nitrogens with one attached hydrogen (secondary N) is 1. The standard InChI is InChI=1S/C20H20N2O2/c1-15-12-18(23)22(14-17-10-6-3-7-11-17)19(15)20(24)21-13-16-8-4-2-5-9-16/h2-12,19H,13-14H2,1H3,(H,21,24). The lowest BCUT2D eigenvalue weighted by Crippen LogP contribution is -2.45. The summed E-state index contributed by atoms with van der Waals surface area (Å²) in [6.07, 6.45) is 1.55. The normalized spacial score (nSPS) is 16.9. The molecule has 0 radical (unpaired) electrons. The Hall–Kier alpha value is -2.88. The van der Waals surface area contributed by atoms with Gasteiger partial charge < -0.3 is 10.2 Å². The molecule has 2 amide bonds. The van der Waals surface area contributed by atoms with E-state index in [1.807, 2.05) is 67.6 Å². The summed E-state index contributed by atoms with van der Waals surface area (Å²) in [5, 5.41) is 2.93. The van der Waals surface area contributed by atoms with Crippen molar-refractivity contribution in [1.82, 2.24) is 10.2 Å². The lowest BCUT2D eigenvalue weighted by molar-refractivity contribution is -0.134. The van der Waals surface area contributed by atoms with Crippen LogP contribution in [0.5, 0.6) is 0 Å². The first-order chi connectivity index (χ1) is 11.6. The minimum absolute atomic E-state index is 0.115. The lowest BCUT2D eigenvalue weighted by atomic mass is 10.1. The molecule has 24 heavy (non-hydrogen) atoms. The van der Waals surface area contributed by atoms with Crippen molar-refractivity contribution in [3.8, 4) is 0 Å². The molecule has 1 heterocycles. The Labute approximate surface area is 141 Å². The Morgan fingerprint density at radius 1 is 1.00 bits per heavy atom. The van der Waals surface area contributed by atoms with Crippen LogP contribution in [0.15, 0.2) is 72.3 Å². The summed E-state index contributed by atoms with van der Waals surface area (Å²) in [6.45, 7) is 2.71. The fourth-order valence-corrected chi connectivity index (χ4v) is 2.91. The molecular formula is C20H20N2O2. The number of carbonyl (C=O) groups is 2. The molecule has 4 nitrogen and oxygen atoms in total. The number of hydrogen-bond donors (Lipinski definition) is 1. The van der Waals surface area contributed by atoms with Gasteiger partial charge in [0.2, 0.25) is 11.8 Å². The van der Waals surface area contributed by atoms with Crippen LogP contribution < -0.4 is 5.32 Å². The van der Waals surface area contributed by atoms with Gasteiger partial charge in [-0.05, 0) is 23.6 Å². The van der Waals surface area contributed by atoms with Gasteiger partial charge in [0.25, 0.3) is 0 Å². The van der Waals surface area contributed by atoms with Gasteiger partial charge >= 0.3 is 0 Å². The maximum absolute atomic E-state index is 12.6. The summed E-state index contributed by atoms with van der Waals surface area (Å²) >= 11 is 0. The highest BCUT2D eigenvalue weighted by atomic mass is 16.2. The van der Waals surface area contributed by atoms with Crippen LogP contribution in [-0.2, 0) is 22.7 Å². The van der Waals surface area contributed by atoms with Crippen molar-refractivity contribution in [3.63, 3.8) is 0 Å². The van der Waals surface area contributed by atoms with Gasteiger partial charge in [0, 0.05) is 19.2 Å². The van der Waals surface area contributed by atoms with Gasteiger partial charge in [-0.15, -0.1) is 0 Å². The highest BCUT2D eigenvalue weighted by Crippen LogP contribution is 2.22. The van der Waals surface area contributed by atoms with Crippen molar-refractivity contribution in [3.05, 3.63) is 83.4 Å². The number of hydrogen-bond acceptors (Lipinski definition) is 2. The number of amides is 2. The molecule has 1 N–H and O–H groups in total. The van der Waals surface area contributed by atoms with E-state index in [1.54, 1.807) is 11.0 Å². The summed E-state index contributed by atoms with van der Waals surface area (Å²) in [5.74, 6) is -0.259. The minimum Gasteiger partial charge on any atom is -0.350 e. The first-order valence-electron chi connectivity index (χ1n) is 7.99. The predicted molar refractivity (Wildman–Crippen MR) is 92.8 cm³/mol. The van der Waals surface area contributed by atoms with Crippen molar-refractivity contribution < 1.29 is 9.59 Å². The summed E-state index contributed by atoms with van der Waals surface area (Å²) in [7, 11) is 0. The zero-order valence-corrected chi connectivity index (χ0v) is 13.6. The molecule has 0 aliphatic carbocycles. The number of benzene rings is 2. The largest absolute Gasteiger partial charge is 0.350 e. The third-order valence-electron chi connectivity index (χ3n) is 4.13. The third-order valence-corrected chi connectivity index (χ3v) is 4.13. The van der Waals surface area contributed by atoms with Crippen molar-refractivity contribution in [2.75, 3.05) is 0 Å². The minimum atomic E-state index is -0.540. The monoisotopic (exact) mass is 320 g/mol. The zero-order valence-electron chi connectivity index (χ0n) is 13.6. The van der Waals surface area contributed by atoms with Crippen LogP contribution >= 0.6 is 0 Å². The van der Waals surface area contributed by atoms with E-state index >= 15 is 0 Å². The molecule has 0 fully saturated rings. The molecule has 0 saturated heterocycles. The molecule has 4 heteroatoms. The Balaban J connectivity index is 1.70. The van der Waals surface area contributed by atoms with Crippen LogP contribution in [-0.4, -0.2) is 22.8 Å². The van der Waals surface area contributed by atoms with Gasteiger partial charge in [-0.3, -0.25) is 9.59 Å². The molecule has 0 bridgehead atoms. The molecule has 1 atom stereocenters. The second-order valence-electron chi connectivity index (χ2n) is 5.95. The van der Waals surface area contributed by atoms with Crippen molar-refractivity contribution in [2.45, 2.75) is 26.1 Å². The summed E-state index contributed by atoms with van der Waals surface area (Å²) in [5.41, 5.74) is 2.82. The highest BCUT2D eigenvalue weighted by Gasteiger charge is 2.35. The zero-order chi connectivity index (χ0) is 16.9. The predicted octanol–water partition coefficient (Wildman–Crippen LogP) is 2.66. The van der Waals surface area contributed by atoms with E-state index < -0.39 is 6.04 Å². The van der Waals surface area contributed by atoms with Gasteiger partial charge in [-0.1, -0.05) is 60.7 Å². The third kappa shape index (κ3) is 3.54. The van der Waals surface area contributed by atoms with Crippen LogP contribution in [0.1, 0.15) is 18.1 Å². The van der Waals surface area contributed by atoms with Crippen LogP contribution in [0, 0.1) is 0 Å². The highest BCUT2D eigenvalue weighted by molar-refractivity contribution is 5.99. The fourth-order valence-electron chi connectivity index (χ4n) is 2.91. The molecule has 0 spiro atoms. The molecule has 3 rings (SSSR count). The van der Waals surface area contributed by atoms with Gasteiger partial charge in [0.15, 0.2) is 0 Å². The van der Waals surface area contributed by atoms with E-state index in [-0.39, 0.29) is 11.8 Å². The first-order valence-corrected chi connectivity index (χ1v) is 7.99. The summed E-state index contributed by atoms with van der Waals surface area (Å²) < 4.78 is 0. The van der Waals surface area contributed by atoms with E-state index in [9.17, 15) is 9.59 Å². The van der Waals surface area contributed by atoms with Crippen molar-refractivity contribution in [1.29, 1.82) is 0 Å². The Morgan fingerprint density at radius 2 is 1.58 bits per heavy atom. The molecule has 0 saturated carbocycles. The van der Waals surface area contributed by atoms with Gasteiger partial charge in [0.1, 0.15) is 6.04 Å². The van der Waals surface area contributed by atoms with Gasteiger partial charge in [-0.2, -0.15) is 0 Å². The summed E-state index contributed by atoms with van der Waals surface area (Å²) in [4.78, 5) is 26.5. The van der Waals surface area contributed by atoms with Crippen molar-refractivity contribution >= 4 is 11.8 Å². The first kappa shape index (κ1) is 16.0. The average molecular weight is 320 g/mol. The second kappa shape index (κ2) is 7.13. The van der Waals surface area contributed by atoms with E-state index in [2.05, 4.69) is 5.32 Å². The van der Waals surface area contributed by atoms with Crippen LogP contribution in [0.2, 0.25) is 0 Å². The topological polar surface area (TPSA) is 49.4 Å². The van der Waals surface area contributed by atoms with Crippen molar-refractivity contribution in [2.24, 2.45) is 0 Å². The van der Waals surface area contributed by atoms with Crippen LogP contribution in [0.4, 0.5) is 0 Å². The Morgan fingerprint density at radius 3 is 2.21 bits per heavy atom. The fraction of sp³-hybridized carbons (Fsp3) is 0.200. The molecule has 1 aliphatic heterocycles. The van der Waals surface area contributed by atoms with Crippen LogP contribution in [0.3, 0.4) is 0 Å². The van der Waals surface area contributed by atoms with Crippen LogP contribution in [0.25, 0.3) is 0 Å². The van der Waals surface area contributed by atoms with Gasteiger partial charge in [-0.25, -0.2) is 0 Å². The molecule has 122 valence electrons. The number of nitrogens with zero attached hydrogens (tertiary/aromatic N) is 1. The second-order valence-corrected chi connectivity index (χ2v) is 5.95. The van der Waals surface area contributed by atoms with E-state index in [0.29, 0.717) is 13.1 Å². The number of carbonyl (C=O) groups excluding carboxylic acids is 2. The molecule has 2 aromatic rings. The average Bonchev–Trinajstić information content (AvgIpc) is 2.88. The molecule has 1 aliphatic rings. The Kier molecular flexibility index (Phi) is 4.75.